The zero-order valence-electron chi connectivity index (χ0n) is 10.3. The van der Waals surface area contributed by atoms with Crippen LogP contribution in [0, 0.1) is 5.92 Å². The van der Waals surface area contributed by atoms with Gasteiger partial charge >= 0.3 is 0 Å². The van der Waals surface area contributed by atoms with E-state index in [0.29, 0.717) is 25.4 Å². The highest BCUT2D eigenvalue weighted by Gasteiger charge is 2.28. The maximum atomic E-state index is 11.9. The molecule has 0 bridgehead atoms. The van der Waals surface area contributed by atoms with Crippen molar-refractivity contribution in [3.63, 3.8) is 0 Å². The van der Waals surface area contributed by atoms with Crippen molar-refractivity contribution >= 4 is 11.8 Å². The van der Waals surface area contributed by atoms with Gasteiger partial charge in [0.25, 0.3) is 0 Å². The number of nitrogens with zero attached hydrogens (tertiary/aromatic N) is 2. The lowest BCUT2D eigenvalue weighted by Gasteiger charge is -2.33. The highest BCUT2D eigenvalue weighted by Crippen LogP contribution is 2.08. The molecule has 1 fully saturated rings. The summed E-state index contributed by atoms with van der Waals surface area (Å²) >= 11 is 0. The van der Waals surface area contributed by atoms with Gasteiger partial charge in [0.2, 0.25) is 11.8 Å². The number of nitrogens with two attached hydrogens (primary N) is 1. The quantitative estimate of drug-likeness (QED) is 0.717. The molecule has 1 atom stereocenters. The molecule has 92 valence electrons. The van der Waals surface area contributed by atoms with E-state index < -0.39 is 6.04 Å². The SMILES string of the molecule is CC(C)C[C@@H](N)C(=O)N1CCN(C)C(=O)C1. The number of hydrogen-bond donors (Lipinski definition) is 1. The molecule has 0 saturated carbocycles. The summed E-state index contributed by atoms with van der Waals surface area (Å²) in [5, 5.41) is 0. The Hall–Kier alpha value is -1.10. The van der Waals surface area contributed by atoms with Crippen LogP contribution in [0.5, 0.6) is 0 Å². The van der Waals surface area contributed by atoms with Crippen molar-refractivity contribution in [3.8, 4) is 0 Å². The summed E-state index contributed by atoms with van der Waals surface area (Å²) in [6, 6.07) is -0.476. The molecular formula is C11H21N3O2. The summed E-state index contributed by atoms with van der Waals surface area (Å²) in [5.74, 6) is 0.272. The van der Waals surface area contributed by atoms with Crippen LogP contribution < -0.4 is 5.73 Å². The second-order valence-corrected chi connectivity index (χ2v) is 4.81. The average Bonchev–Trinajstić information content (AvgIpc) is 2.20. The minimum atomic E-state index is -0.476. The highest BCUT2D eigenvalue weighted by atomic mass is 16.2. The lowest BCUT2D eigenvalue weighted by atomic mass is 10.0. The average molecular weight is 227 g/mol. The summed E-state index contributed by atoms with van der Waals surface area (Å²) in [6.07, 6.45) is 0.666. The third kappa shape index (κ3) is 3.20. The van der Waals surface area contributed by atoms with Crippen LogP contribution in [0.3, 0.4) is 0 Å². The molecule has 0 aliphatic carbocycles. The standard InChI is InChI=1S/C11H21N3O2/c1-8(2)6-9(12)11(16)14-5-4-13(3)10(15)7-14/h8-9H,4-7,12H2,1-3H3/t9-/m1/s1. The highest BCUT2D eigenvalue weighted by molar-refractivity contribution is 5.88. The first-order valence-corrected chi connectivity index (χ1v) is 5.70. The molecular weight excluding hydrogens is 206 g/mol. The number of piperazine rings is 1. The van der Waals surface area contributed by atoms with Gasteiger partial charge in [-0.3, -0.25) is 9.59 Å². The first-order valence-electron chi connectivity index (χ1n) is 5.70. The van der Waals surface area contributed by atoms with Gasteiger partial charge in [-0.2, -0.15) is 0 Å². The zero-order chi connectivity index (χ0) is 12.3. The Labute approximate surface area is 96.6 Å². The normalized spacial score (nSPS) is 19.2. The van der Waals surface area contributed by atoms with Gasteiger partial charge in [-0.1, -0.05) is 13.8 Å². The number of hydrogen-bond acceptors (Lipinski definition) is 3. The van der Waals surface area contributed by atoms with Gasteiger partial charge in [0.15, 0.2) is 0 Å². The Balaban J connectivity index is 2.51. The lowest BCUT2D eigenvalue weighted by molar-refractivity contribution is -0.145. The maximum Gasteiger partial charge on any atom is 0.241 e. The summed E-state index contributed by atoms with van der Waals surface area (Å²) in [7, 11) is 1.75. The van der Waals surface area contributed by atoms with Crippen molar-refractivity contribution in [2.75, 3.05) is 26.7 Å². The third-order valence-corrected chi connectivity index (χ3v) is 2.81. The largest absolute Gasteiger partial charge is 0.342 e. The van der Waals surface area contributed by atoms with Crippen LogP contribution in [-0.4, -0.2) is 54.3 Å². The van der Waals surface area contributed by atoms with Crippen molar-refractivity contribution in [1.82, 2.24) is 9.80 Å². The Kier molecular flexibility index (Phi) is 4.29. The second kappa shape index (κ2) is 5.30. The predicted molar refractivity (Wildman–Crippen MR) is 61.6 cm³/mol. The van der Waals surface area contributed by atoms with Gasteiger partial charge in [-0.15, -0.1) is 0 Å². The molecule has 0 aromatic rings. The van der Waals surface area contributed by atoms with E-state index in [9.17, 15) is 9.59 Å². The van der Waals surface area contributed by atoms with E-state index in [-0.39, 0.29) is 18.4 Å². The Morgan fingerprint density at radius 1 is 1.44 bits per heavy atom. The van der Waals surface area contributed by atoms with Crippen molar-refractivity contribution in [3.05, 3.63) is 0 Å². The van der Waals surface area contributed by atoms with Crippen LogP contribution in [0.25, 0.3) is 0 Å². The number of carbonyl (C=O) groups excluding carboxylic acids is 2. The van der Waals surface area contributed by atoms with Crippen molar-refractivity contribution in [2.24, 2.45) is 11.7 Å². The first-order chi connectivity index (χ1) is 7.41. The molecule has 2 N–H and O–H groups in total. The van der Waals surface area contributed by atoms with Crippen LogP contribution in [0.1, 0.15) is 20.3 Å². The Morgan fingerprint density at radius 3 is 2.56 bits per heavy atom. The smallest absolute Gasteiger partial charge is 0.241 e. The summed E-state index contributed by atoms with van der Waals surface area (Å²) in [6.45, 7) is 5.41. The van der Waals surface area contributed by atoms with Crippen LogP contribution in [0.2, 0.25) is 0 Å². The lowest BCUT2D eigenvalue weighted by Crippen LogP contribution is -2.54. The second-order valence-electron chi connectivity index (χ2n) is 4.81. The number of likely N-dealkylation sites (N-methyl/N-ethyl adjacent to an activating group) is 1. The summed E-state index contributed by atoms with van der Waals surface area (Å²) in [5.41, 5.74) is 5.81. The molecule has 0 aromatic heterocycles. The molecule has 1 aliphatic heterocycles. The minimum Gasteiger partial charge on any atom is -0.342 e. The molecule has 1 heterocycles. The number of amides is 2. The maximum absolute atomic E-state index is 11.9. The van der Waals surface area contributed by atoms with Crippen LogP contribution in [0.4, 0.5) is 0 Å². The van der Waals surface area contributed by atoms with Gasteiger partial charge < -0.3 is 15.5 Å². The van der Waals surface area contributed by atoms with E-state index in [0.717, 1.165) is 0 Å². The van der Waals surface area contributed by atoms with E-state index >= 15 is 0 Å². The number of rotatable bonds is 3. The molecule has 16 heavy (non-hydrogen) atoms. The fourth-order valence-electron chi connectivity index (χ4n) is 1.79. The van der Waals surface area contributed by atoms with Crippen LogP contribution in [0.15, 0.2) is 0 Å². The van der Waals surface area contributed by atoms with E-state index in [1.807, 2.05) is 13.8 Å². The number of carbonyl (C=O) groups is 2. The van der Waals surface area contributed by atoms with Gasteiger partial charge in [0, 0.05) is 20.1 Å². The van der Waals surface area contributed by atoms with E-state index in [2.05, 4.69) is 0 Å². The molecule has 0 spiro atoms. The Bertz CT molecular complexity index is 278. The van der Waals surface area contributed by atoms with Crippen molar-refractivity contribution in [2.45, 2.75) is 26.3 Å². The molecule has 5 heteroatoms. The van der Waals surface area contributed by atoms with E-state index in [1.54, 1.807) is 16.8 Å². The van der Waals surface area contributed by atoms with Crippen molar-refractivity contribution < 1.29 is 9.59 Å². The van der Waals surface area contributed by atoms with Gasteiger partial charge in [-0.05, 0) is 12.3 Å². The molecule has 2 amide bonds. The summed E-state index contributed by atoms with van der Waals surface area (Å²) in [4.78, 5) is 26.6. The molecule has 0 unspecified atom stereocenters. The van der Waals surface area contributed by atoms with Gasteiger partial charge in [0.05, 0.1) is 12.6 Å². The predicted octanol–water partition coefficient (Wildman–Crippen LogP) is -0.340. The van der Waals surface area contributed by atoms with Crippen LogP contribution >= 0.6 is 0 Å². The zero-order valence-corrected chi connectivity index (χ0v) is 10.3. The molecule has 1 aliphatic rings. The molecule has 1 rings (SSSR count). The molecule has 5 nitrogen and oxygen atoms in total. The molecule has 0 aromatic carbocycles. The topological polar surface area (TPSA) is 66.6 Å². The van der Waals surface area contributed by atoms with Crippen molar-refractivity contribution in [1.29, 1.82) is 0 Å². The first kappa shape index (κ1) is 13.0. The molecule has 1 saturated heterocycles. The van der Waals surface area contributed by atoms with E-state index in [1.165, 1.54) is 0 Å². The van der Waals surface area contributed by atoms with Gasteiger partial charge in [-0.25, -0.2) is 0 Å². The third-order valence-electron chi connectivity index (χ3n) is 2.81. The molecule has 0 radical (unpaired) electrons. The van der Waals surface area contributed by atoms with Gasteiger partial charge in [0.1, 0.15) is 0 Å². The van der Waals surface area contributed by atoms with E-state index in [4.69, 9.17) is 5.73 Å². The minimum absolute atomic E-state index is 0.0173. The fourth-order valence-corrected chi connectivity index (χ4v) is 1.79. The Morgan fingerprint density at radius 2 is 2.06 bits per heavy atom. The summed E-state index contributed by atoms with van der Waals surface area (Å²) < 4.78 is 0. The monoisotopic (exact) mass is 227 g/mol. The van der Waals surface area contributed by atoms with Crippen LogP contribution in [-0.2, 0) is 9.59 Å². The fraction of sp³-hybridized carbons (Fsp3) is 0.818.